The number of ether oxygens (including phenoxy) is 2. The van der Waals surface area contributed by atoms with Crippen molar-refractivity contribution in [1.82, 2.24) is 4.57 Å². The van der Waals surface area contributed by atoms with Crippen molar-refractivity contribution in [3.8, 4) is 17.0 Å². The van der Waals surface area contributed by atoms with Crippen LogP contribution in [-0.4, -0.2) is 25.4 Å². The molecule has 0 radical (unpaired) electrons. The van der Waals surface area contributed by atoms with E-state index in [1.165, 1.54) is 0 Å². The van der Waals surface area contributed by atoms with Crippen molar-refractivity contribution in [3.63, 3.8) is 0 Å². The minimum absolute atomic E-state index is 0.0875. The van der Waals surface area contributed by atoms with Crippen LogP contribution in [0, 0.1) is 0 Å². The molecule has 0 saturated heterocycles. The van der Waals surface area contributed by atoms with Crippen LogP contribution in [0.25, 0.3) is 11.3 Å². The van der Waals surface area contributed by atoms with E-state index >= 15 is 0 Å². The minimum Gasteiger partial charge on any atom is -0.496 e. The second kappa shape index (κ2) is 7.24. The summed E-state index contributed by atoms with van der Waals surface area (Å²) in [6.07, 6.45) is 0. The maximum absolute atomic E-state index is 12.7. The highest BCUT2D eigenvalue weighted by atomic mass is 16.5. The minimum atomic E-state index is -0.312. The Balaban J connectivity index is 2.64. The van der Waals surface area contributed by atoms with Crippen LogP contribution in [-0.2, 0) is 11.3 Å². The summed E-state index contributed by atoms with van der Waals surface area (Å²) in [5, 5.41) is 0. The van der Waals surface area contributed by atoms with E-state index in [0.29, 0.717) is 18.7 Å². The summed E-state index contributed by atoms with van der Waals surface area (Å²) < 4.78 is 12.2. The molecule has 0 spiro atoms. The molecule has 0 fully saturated rings. The van der Waals surface area contributed by atoms with Crippen molar-refractivity contribution in [3.05, 3.63) is 52.3 Å². The van der Waals surface area contributed by atoms with E-state index in [-0.39, 0.29) is 11.6 Å². The van der Waals surface area contributed by atoms with Gasteiger partial charge in [0.05, 0.1) is 19.4 Å². The number of nitrogens with two attached hydrogens (primary N) is 1. The van der Waals surface area contributed by atoms with Gasteiger partial charge in [-0.15, -0.1) is 0 Å². The van der Waals surface area contributed by atoms with Gasteiger partial charge in [-0.1, -0.05) is 12.1 Å². The molecular formula is C17H22N2O3. The predicted octanol–water partition coefficient (Wildman–Crippen LogP) is 2.19. The Morgan fingerprint density at radius 2 is 1.91 bits per heavy atom. The summed E-state index contributed by atoms with van der Waals surface area (Å²) in [5.41, 5.74) is 8.06. The maximum Gasteiger partial charge on any atom is 0.255 e. The first-order valence-corrected chi connectivity index (χ1v) is 7.21. The van der Waals surface area contributed by atoms with Gasteiger partial charge < -0.3 is 19.8 Å². The largest absolute Gasteiger partial charge is 0.496 e. The third-order valence-electron chi connectivity index (χ3n) is 3.60. The first-order chi connectivity index (χ1) is 10.6. The van der Waals surface area contributed by atoms with Crippen molar-refractivity contribution >= 4 is 0 Å². The lowest BCUT2D eigenvalue weighted by molar-refractivity contribution is 0.186. The number of benzene rings is 1. The summed E-state index contributed by atoms with van der Waals surface area (Å²) in [5.74, 6) is 0.724. The van der Waals surface area contributed by atoms with Gasteiger partial charge in [0.1, 0.15) is 5.75 Å². The second-order valence-electron chi connectivity index (χ2n) is 5.11. The summed E-state index contributed by atoms with van der Waals surface area (Å²) in [7, 11) is 3.23. The van der Waals surface area contributed by atoms with E-state index in [9.17, 15) is 4.79 Å². The molecule has 0 aliphatic rings. The van der Waals surface area contributed by atoms with Crippen LogP contribution in [0.5, 0.6) is 5.75 Å². The Hall–Kier alpha value is -2.11. The van der Waals surface area contributed by atoms with Crippen molar-refractivity contribution in [2.24, 2.45) is 5.73 Å². The SMILES string of the molecule is COCCn1c(-c2ccccc2OC)ccc(C(C)N)c1=O. The van der Waals surface area contributed by atoms with E-state index in [1.807, 2.05) is 30.3 Å². The molecule has 0 aliphatic heterocycles. The molecular weight excluding hydrogens is 280 g/mol. The lowest BCUT2D eigenvalue weighted by Crippen LogP contribution is -2.29. The van der Waals surface area contributed by atoms with Gasteiger partial charge in [-0.3, -0.25) is 4.79 Å². The fourth-order valence-electron chi connectivity index (χ4n) is 2.44. The number of methoxy groups -OCH3 is 2. The maximum atomic E-state index is 12.7. The summed E-state index contributed by atoms with van der Waals surface area (Å²) in [6, 6.07) is 11.0. The zero-order chi connectivity index (χ0) is 16.1. The van der Waals surface area contributed by atoms with Crippen molar-refractivity contribution < 1.29 is 9.47 Å². The van der Waals surface area contributed by atoms with Crippen LogP contribution in [0.3, 0.4) is 0 Å². The van der Waals surface area contributed by atoms with Gasteiger partial charge in [-0.2, -0.15) is 0 Å². The van der Waals surface area contributed by atoms with Crippen molar-refractivity contribution in [1.29, 1.82) is 0 Å². The van der Waals surface area contributed by atoms with Crippen LogP contribution in [0.1, 0.15) is 18.5 Å². The molecule has 1 aromatic carbocycles. The van der Waals surface area contributed by atoms with Crippen LogP contribution in [0.2, 0.25) is 0 Å². The normalized spacial score (nSPS) is 12.2. The summed E-state index contributed by atoms with van der Waals surface area (Å²) in [4.78, 5) is 12.7. The molecule has 0 amide bonds. The molecule has 2 N–H and O–H groups in total. The van der Waals surface area contributed by atoms with Gasteiger partial charge >= 0.3 is 0 Å². The number of rotatable bonds is 6. The lowest BCUT2D eigenvalue weighted by Gasteiger charge is -2.17. The number of pyridine rings is 1. The molecule has 2 rings (SSSR count). The molecule has 1 heterocycles. The fraction of sp³-hybridized carbons (Fsp3) is 0.353. The number of aromatic nitrogens is 1. The zero-order valence-electron chi connectivity index (χ0n) is 13.2. The monoisotopic (exact) mass is 302 g/mol. The Morgan fingerprint density at radius 1 is 1.18 bits per heavy atom. The van der Waals surface area contributed by atoms with Crippen molar-refractivity contribution in [2.75, 3.05) is 20.8 Å². The van der Waals surface area contributed by atoms with Crippen LogP contribution in [0.4, 0.5) is 0 Å². The number of hydrogen-bond acceptors (Lipinski definition) is 4. The van der Waals surface area contributed by atoms with Crippen LogP contribution < -0.4 is 16.0 Å². The van der Waals surface area contributed by atoms with Crippen molar-refractivity contribution in [2.45, 2.75) is 19.5 Å². The van der Waals surface area contributed by atoms with Gasteiger partial charge in [0.25, 0.3) is 5.56 Å². The average molecular weight is 302 g/mol. The van der Waals surface area contributed by atoms with Crippen LogP contribution >= 0.6 is 0 Å². The molecule has 5 nitrogen and oxygen atoms in total. The van der Waals surface area contributed by atoms with E-state index < -0.39 is 0 Å². The standard InChI is InChI=1S/C17H22N2O3/c1-12(18)13-8-9-15(19(17(13)20)10-11-21-2)14-6-4-5-7-16(14)22-3/h4-9,12H,10-11,18H2,1-3H3. The molecule has 22 heavy (non-hydrogen) atoms. The number of nitrogens with zero attached hydrogens (tertiary/aromatic N) is 1. The lowest BCUT2D eigenvalue weighted by atomic mass is 10.1. The summed E-state index contributed by atoms with van der Waals surface area (Å²) in [6.45, 7) is 2.72. The smallest absolute Gasteiger partial charge is 0.255 e. The average Bonchev–Trinajstić information content (AvgIpc) is 2.53. The van der Waals surface area contributed by atoms with Gasteiger partial charge in [0.2, 0.25) is 0 Å². The molecule has 1 atom stereocenters. The third-order valence-corrected chi connectivity index (χ3v) is 3.60. The Bertz CT molecular complexity index is 693. The molecule has 5 heteroatoms. The van der Waals surface area contributed by atoms with Crippen LogP contribution in [0.15, 0.2) is 41.2 Å². The van der Waals surface area contributed by atoms with Gasteiger partial charge in [-0.25, -0.2) is 0 Å². The molecule has 2 aromatic rings. The van der Waals surface area contributed by atoms with E-state index in [1.54, 1.807) is 31.8 Å². The highest BCUT2D eigenvalue weighted by Gasteiger charge is 2.15. The highest BCUT2D eigenvalue weighted by Crippen LogP contribution is 2.29. The molecule has 0 aliphatic carbocycles. The van der Waals surface area contributed by atoms with E-state index in [0.717, 1.165) is 17.0 Å². The zero-order valence-corrected chi connectivity index (χ0v) is 13.2. The third kappa shape index (κ3) is 3.21. The number of hydrogen-bond donors (Lipinski definition) is 1. The second-order valence-corrected chi connectivity index (χ2v) is 5.11. The van der Waals surface area contributed by atoms with Gasteiger partial charge in [0.15, 0.2) is 0 Å². The predicted molar refractivity (Wildman–Crippen MR) is 87.2 cm³/mol. The first kappa shape index (κ1) is 16.3. The Morgan fingerprint density at radius 3 is 2.55 bits per heavy atom. The molecule has 0 bridgehead atoms. The van der Waals surface area contributed by atoms with Gasteiger partial charge in [-0.05, 0) is 31.2 Å². The van der Waals surface area contributed by atoms with E-state index in [4.69, 9.17) is 15.2 Å². The van der Waals surface area contributed by atoms with Gasteiger partial charge in [0, 0.05) is 30.8 Å². The first-order valence-electron chi connectivity index (χ1n) is 7.21. The van der Waals surface area contributed by atoms with E-state index in [2.05, 4.69) is 0 Å². The highest BCUT2D eigenvalue weighted by molar-refractivity contribution is 5.67. The Labute approximate surface area is 130 Å². The molecule has 0 saturated carbocycles. The molecule has 1 unspecified atom stereocenters. The molecule has 1 aromatic heterocycles. The Kier molecular flexibility index (Phi) is 5.35. The quantitative estimate of drug-likeness (QED) is 0.888. The fourth-order valence-corrected chi connectivity index (χ4v) is 2.44. The molecule has 118 valence electrons. The summed E-state index contributed by atoms with van der Waals surface area (Å²) >= 11 is 0. The number of para-hydroxylation sites is 1. The topological polar surface area (TPSA) is 66.5 Å².